The van der Waals surface area contributed by atoms with Gasteiger partial charge in [0.05, 0.1) is 22.7 Å². The Kier molecular flexibility index (Phi) is 5.04. The van der Waals surface area contributed by atoms with E-state index in [1.807, 2.05) is 0 Å². The van der Waals surface area contributed by atoms with Crippen molar-refractivity contribution in [2.75, 3.05) is 10.0 Å². The standard InChI is InChI=1S/C14H16N8O2/c15-13(23)21(17)11-5-1-9(2-6-11)19-20-10-3-7-12(8-4-10)22(18)14(16)24/h1-8H,17-18H2,(H2,15,23)(H2,16,24). The number of primary amides is 2. The normalized spacial score (nSPS) is 10.6. The van der Waals surface area contributed by atoms with Gasteiger partial charge in [-0.05, 0) is 48.5 Å². The molecule has 2 rings (SSSR count). The molecule has 0 aliphatic heterocycles. The van der Waals surface area contributed by atoms with Crippen molar-refractivity contribution in [3.8, 4) is 0 Å². The summed E-state index contributed by atoms with van der Waals surface area (Å²) in [6.07, 6.45) is 0. The number of azo groups is 1. The van der Waals surface area contributed by atoms with E-state index in [2.05, 4.69) is 10.2 Å². The average Bonchev–Trinajstić information content (AvgIpc) is 2.59. The molecule has 8 N–H and O–H groups in total. The van der Waals surface area contributed by atoms with Crippen LogP contribution in [0.2, 0.25) is 0 Å². The van der Waals surface area contributed by atoms with Gasteiger partial charge in [-0.3, -0.25) is 0 Å². The van der Waals surface area contributed by atoms with Crippen molar-refractivity contribution >= 4 is 34.8 Å². The molecule has 10 heteroatoms. The zero-order chi connectivity index (χ0) is 17.7. The smallest absolute Gasteiger partial charge is 0.333 e. The summed E-state index contributed by atoms with van der Waals surface area (Å²) in [5.74, 6) is 10.9. The van der Waals surface area contributed by atoms with Gasteiger partial charge >= 0.3 is 12.1 Å². The number of benzene rings is 2. The van der Waals surface area contributed by atoms with Crippen molar-refractivity contribution in [1.29, 1.82) is 0 Å². The van der Waals surface area contributed by atoms with Crippen molar-refractivity contribution < 1.29 is 9.59 Å². The van der Waals surface area contributed by atoms with Gasteiger partial charge in [0.1, 0.15) is 0 Å². The number of nitrogens with two attached hydrogens (primary N) is 4. The molecule has 0 aliphatic carbocycles. The van der Waals surface area contributed by atoms with Crippen LogP contribution in [0.1, 0.15) is 0 Å². The van der Waals surface area contributed by atoms with Crippen LogP contribution < -0.4 is 33.2 Å². The molecule has 24 heavy (non-hydrogen) atoms. The summed E-state index contributed by atoms with van der Waals surface area (Å²) in [7, 11) is 0. The van der Waals surface area contributed by atoms with E-state index in [0.717, 1.165) is 10.0 Å². The first-order valence-electron chi connectivity index (χ1n) is 6.69. The topological polar surface area (TPSA) is 169 Å². The molecular formula is C14H16N8O2. The van der Waals surface area contributed by atoms with Crippen LogP contribution in [-0.2, 0) is 0 Å². The summed E-state index contributed by atoms with van der Waals surface area (Å²) in [6, 6.07) is 11.3. The number of urea groups is 2. The lowest BCUT2D eigenvalue weighted by Crippen LogP contribution is -2.41. The fourth-order valence-electron chi connectivity index (χ4n) is 1.73. The van der Waals surface area contributed by atoms with Gasteiger partial charge in [0.2, 0.25) is 0 Å². The van der Waals surface area contributed by atoms with Gasteiger partial charge in [-0.2, -0.15) is 10.2 Å². The Hall–Kier alpha value is -3.50. The summed E-state index contributed by atoms with van der Waals surface area (Å²) in [6.45, 7) is 0. The molecule has 0 unspecified atom stereocenters. The molecule has 0 atom stereocenters. The molecule has 0 aromatic heterocycles. The lowest BCUT2D eigenvalue weighted by molar-refractivity contribution is 0.253. The maximum atomic E-state index is 11.0. The Morgan fingerprint density at radius 1 is 0.667 bits per heavy atom. The number of amides is 4. The third kappa shape index (κ3) is 4.03. The molecule has 2 aromatic rings. The predicted octanol–water partition coefficient (Wildman–Crippen LogP) is 1.62. The molecule has 0 fully saturated rings. The number of carbonyl (C=O) groups excluding carboxylic acids is 2. The SMILES string of the molecule is NC(=O)N(N)c1ccc(N=Nc2ccc(N(N)C(N)=O)cc2)cc1. The molecule has 0 spiro atoms. The number of hydrogen-bond acceptors (Lipinski definition) is 6. The van der Waals surface area contributed by atoms with E-state index in [1.54, 1.807) is 48.5 Å². The van der Waals surface area contributed by atoms with Gasteiger partial charge in [-0.1, -0.05) is 0 Å². The van der Waals surface area contributed by atoms with Crippen LogP contribution in [0.25, 0.3) is 0 Å². The summed E-state index contributed by atoms with van der Waals surface area (Å²) in [5, 5.41) is 9.72. The van der Waals surface area contributed by atoms with Crippen LogP contribution in [0.5, 0.6) is 0 Å². The highest BCUT2D eigenvalue weighted by molar-refractivity contribution is 5.90. The highest BCUT2D eigenvalue weighted by Crippen LogP contribution is 2.23. The lowest BCUT2D eigenvalue weighted by atomic mass is 10.3. The minimum absolute atomic E-state index is 0.431. The van der Waals surface area contributed by atoms with Crippen LogP contribution in [0.3, 0.4) is 0 Å². The van der Waals surface area contributed by atoms with E-state index < -0.39 is 12.1 Å². The van der Waals surface area contributed by atoms with Crippen molar-refractivity contribution in [1.82, 2.24) is 0 Å². The number of hydrazine groups is 2. The fraction of sp³-hybridized carbons (Fsp3) is 0. The molecule has 4 amide bonds. The number of hydrogen-bond donors (Lipinski definition) is 4. The molecular weight excluding hydrogens is 312 g/mol. The molecule has 0 saturated heterocycles. The van der Waals surface area contributed by atoms with Crippen LogP contribution in [0, 0.1) is 0 Å². The summed E-state index contributed by atoms with van der Waals surface area (Å²) < 4.78 is 0. The minimum Gasteiger partial charge on any atom is -0.350 e. The first-order valence-corrected chi connectivity index (χ1v) is 6.69. The number of anilines is 2. The zero-order valence-electron chi connectivity index (χ0n) is 12.5. The number of carbonyl (C=O) groups is 2. The zero-order valence-corrected chi connectivity index (χ0v) is 12.5. The van der Waals surface area contributed by atoms with Crippen LogP contribution in [-0.4, -0.2) is 12.1 Å². The maximum Gasteiger partial charge on any atom is 0.333 e. The second kappa shape index (κ2) is 7.17. The molecule has 10 nitrogen and oxygen atoms in total. The average molecular weight is 328 g/mol. The van der Waals surface area contributed by atoms with E-state index in [0.29, 0.717) is 22.7 Å². The highest BCUT2D eigenvalue weighted by Gasteiger charge is 2.07. The van der Waals surface area contributed by atoms with E-state index in [4.69, 9.17) is 23.2 Å². The van der Waals surface area contributed by atoms with Crippen LogP contribution in [0.15, 0.2) is 58.8 Å². The molecule has 0 saturated carbocycles. The van der Waals surface area contributed by atoms with Gasteiger partial charge < -0.3 is 11.5 Å². The van der Waals surface area contributed by atoms with Crippen LogP contribution >= 0.6 is 0 Å². The molecule has 0 aliphatic rings. The molecule has 0 radical (unpaired) electrons. The van der Waals surface area contributed by atoms with Gasteiger partial charge in [0.15, 0.2) is 0 Å². The molecule has 2 aromatic carbocycles. The number of nitrogens with zero attached hydrogens (tertiary/aromatic N) is 4. The second-order valence-corrected chi connectivity index (χ2v) is 4.65. The summed E-state index contributed by atoms with van der Waals surface area (Å²) in [5.41, 5.74) is 12.1. The van der Waals surface area contributed by atoms with E-state index >= 15 is 0 Å². The Morgan fingerprint density at radius 2 is 0.958 bits per heavy atom. The Bertz CT molecular complexity index is 692. The van der Waals surface area contributed by atoms with Gasteiger partial charge in [-0.15, -0.1) is 0 Å². The second-order valence-electron chi connectivity index (χ2n) is 4.65. The lowest BCUT2D eigenvalue weighted by Gasteiger charge is -2.13. The van der Waals surface area contributed by atoms with Crippen LogP contribution in [0.4, 0.5) is 32.3 Å². The van der Waals surface area contributed by atoms with Gasteiger partial charge in [-0.25, -0.2) is 31.3 Å². The fourth-order valence-corrected chi connectivity index (χ4v) is 1.73. The Morgan fingerprint density at radius 3 is 1.21 bits per heavy atom. The quantitative estimate of drug-likeness (QED) is 0.289. The van der Waals surface area contributed by atoms with Crippen molar-refractivity contribution in [2.24, 2.45) is 33.4 Å². The van der Waals surface area contributed by atoms with E-state index in [-0.39, 0.29) is 0 Å². The number of rotatable bonds is 4. The van der Waals surface area contributed by atoms with Crippen molar-refractivity contribution in [3.63, 3.8) is 0 Å². The third-order valence-electron chi connectivity index (χ3n) is 3.01. The largest absolute Gasteiger partial charge is 0.350 e. The maximum absolute atomic E-state index is 11.0. The van der Waals surface area contributed by atoms with Crippen molar-refractivity contribution in [2.45, 2.75) is 0 Å². The summed E-state index contributed by atoms with van der Waals surface area (Å²) in [4.78, 5) is 21.9. The van der Waals surface area contributed by atoms with E-state index in [9.17, 15) is 9.59 Å². The molecule has 124 valence electrons. The van der Waals surface area contributed by atoms with Crippen molar-refractivity contribution in [3.05, 3.63) is 48.5 Å². The first-order chi connectivity index (χ1) is 11.4. The summed E-state index contributed by atoms with van der Waals surface area (Å²) >= 11 is 0. The highest BCUT2D eigenvalue weighted by atomic mass is 16.2. The Balaban J connectivity index is 2.08. The molecule has 0 bridgehead atoms. The Labute approximate surface area is 137 Å². The first kappa shape index (κ1) is 16.9. The van der Waals surface area contributed by atoms with Gasteiger partial charge in [0.25, 0.3) is 0 Å². The predicted molar refractivity (Wildman–Crippen MR) is 89.6 cm³/mol. The monoisotopic (exact) mass is 328 g/mol. The van der Waals surface area contributed by atoms with E-state index in [1.165, 1.54) is 0 Å². The molecule has 0 heterocycles. The minimum atomic E-state index is -0.769. The third-order valence-corrected chi connectivity index (χ3v) is 3.01. The van der Waals surface area contributed by atoms with Gasteiger partial charge in [0, 0.05) is 0 Å².